The van der Waals surface area contributed by atoms with Crippen molar-refractivity contribution < 1.29 is 9.64 Å². The molecular weight excluding hydrogens is 188 g/mol. The van der Waals surface area contributed by atoms with Crippen molar-refractivity contribution in [1.82, 2.24) is 4.98 Å². The minimum Gasteiger partial charge on any atom is -0.364 e. The number of hydrogen-bond acceptors (Lipinski definition) is 2. The van der Waals surface area contributed by atoms with Gasteiger partial charge in [0.2, 0.25) is 0 Å². The average molecular weight is 207 g/mol. The smallest absolute Gasteiger partial charge is 0.104 e. The molecule has 15 heavy (non-hydrogen) atoms. The first-order chi connectivity index (χ1) is 7.24. The van der Waals surface area contributed by atoms with Gasteiger partial charge in [0.05, 0.1) is 0 Å². The third-order valence-electron chi connectivity index (χ3n) is 2.79. The van der Waals surface area contributed by atoms with E-state index >= 15 is 0 Å². The van der Waals surface area contributed by atoms with Gasteiger partial charge in [0, 0.05) is 18.0 Å². The Kier molecular flexibility index (Phi) is 3.34. The van der Waals surface area contributed by atoms with Crippen LogP contribution in [-0.2, 0) is 11.3 Å². The molecule has 0 amide bonds. The van der Waals surface area contributed by atoms with Gasteiger partial charge < -0.3 is 9.64 Å². The van der Waals surface area contributed by atoms with Gasteiger partial charge in [-0.2, -0.15) is 0 Å². The van der Waals surface area contributed by atoms with E-state index in [1.807, 2.05) is 18.5 Å². The van der Waals surface area contributed by atoms with Crippen molar-refractivity contribution >= 4 is 0 Å². The SMILES string of the molecule is C[C@H]1C[NH+](Cc2cccnc2)C[C@H](C)O1. The normalized spacial score (nSPS) is 31.5. The first kappa shape index (κ1) is 10.6. The predicted molar refractivity (Wildman–Crippen MR) is 58.6 cm³/mol. The zero-order chi connectivity index (χ0) is 10.7. The minimum atomic E-state index is 0.375. The van der Waals surface area contributed by atoms with Crippen LogP contribution in [0.15, 0.2) is 24.5 Å². The van der Waals surface area contributed by atoms with Gasteiger partial charge >= 0.3 is 0 Å². The molecule has 2 heterocycles. The zero-order valence-corrected chi connectivity index (χ0v) is 9.44. The van der Waals surface area contributed by atoms with Crippen LogP contribution in [0.25, 0.3) is 0 Å². The molecule has 3 heteroatoms. The molecule has 1 N–H and O–H groups in total. The van der Waals surface area contributed by atoms with Crippen LogP contribution in [0.5, 0.6) is 0 Å². The number of hydrogen-bond donors (Lipinski definition) is 1. The molecule has 1 aliphatic heterocycles. The Morgan fingerprint density at radius 3 is 2.73 bits per heavy atom. The van der Waals surface area contributed by atoms with Crippen molar-refractivity contribution in [3.63, 3.8) is 0 Å². The molecular formula is C12H19N2O+. The number of aromatic nitrogens is 1. The van der Waals surface area contributed by atoms with E-state index in [2.05, 4.69) is 24.9 Å². The predicted octanol–water partition coefficient (Wildman–Crippen LogP) is 0.274. The number of morpholine rings is 1. The summed E-state index contributed by atoms with van der Waals surface area (Å²) in [6.45, 7) is 7.56. The highest BCUT2D eigenvalue weighted by atomic mass is 16.5. The van der Waals surface area contributed by atoms with Crippen LogP contribution in [0, 0.1) is 0 Å². The lowest BCUT2D eigenvalue weighted by Crippen LogP contribution is -3.14. The molecule has 1 saturated heterocycles. The highest BCUT2D eigenvalue weighted by Crippen LogP contribution is 2.00. The van der Waals surface area contributed by atoms with E-state index in [1.54, 1.807) is 4.90 Å². The van der Waals surface area contributed by atoms with E-state index in [-0.39, 0.29) is 0 Å². The van der Waals surface area contributed by atoms with Crippen molar-refractivity contribution in [2.45, 2.75) is 32.6 Å². The summed E-state index contributed by atoms with van der Waals surface area (Å²) >= 11 is 0. The van der Waals surface area contributed by atoms with Crippen molar-refractivity contribution in [2.24, 2.45) is 0 Å². The fourth-order valence-electron chi connectivity index (χ4n) is 2.32. The third kappa shape index (κ3) is 3.01. The van der Waals surface area contributed by atoms with Crippen molar-refractivity contribution in [3.8, 4) is 0 Å². The maximum absolute atomic E-state index is 5.72. The highest BCUT2D eigenvalue weighted by molar-refractivity contribution is 5.06. The lowest BCUT2D eigenvalue weighted by atomic mass is 10.2. The number of ether oxygens (including phenoxy) is 1. The molecule has 82 valence electrons. The van der Waals surface area contributed by atoms with Gasteiger partial charge in [-0.15, -0.1) is 0 Å². The molecule has 0 spiro atoms. The summed E-state index contributed by atoms with van der Waals surface area (Å²) in [5.74, 6) is 0. The largest absolute Gasteiger partial charge is 0.364 e. The van der Waals surface area contributed by atoms with E-state index in [0.717, 1.165) is 19.6 Å². The van der Waals surface area contributed by atoms with Crippen LogP contribution in [0.2, 0.25) is 0 Å². The van der Waals surface area contributed by atoms with Gasteiger partial charge in [-0.3, -0.25) is 4.98 Å². The van der Waals surface area contributed by atoms with E-state index in [0.29, 0.717) is 12.2 Å². The van der Waals surface area contributed by atoms with E-state index < -0.39 is 0 Å². The molecule has 1 aromatic rings. The Morgan fingerprint density at radius 1 is 1.40 bits per heavy atom. The van der Waals surface area contributed by atoms with Crippen LogP contribution in [0.1, 0.15) is 19.4 Å². The van der Waals surface area contributed by atoms with E-state index in [9.17, 15) is 0 Å². The summed E-state index contributed by atoms with van der Waals surface area (Å²) in [7, 11) is 0. The maximum Gasteiger partial charge on any atom is 0.104 e. The van der Waals surface area contributed by atoms with Gasteiger partial charge in [-0.25, -0.2) is 0 Å². The number of nitrogens with zero attached hydrogens (tertiary/aromatic N) is 1. The highest BCUT2D eigenvalue weighted by Gasteiger charge is 2.25. The van der Waals surface area contributed by atoms with Crippen LogP contribution in [0.3, 0.4) is 0 Å². The number of rotatable bonds is 2. The first-order valence-electron chi connectivity index (χ1n) is 5.62. The second kappa shape index (κ2) is 4.73. The lowest BCUT2D eigenvalue weighted by Gasteiger charge is -2.32. The Labute approximate surface area is 91.1 Å². The number of quaternary nitrogens is 1. The molecule has 3 nitrogen and oxygen atoms in total. The van der Waals surface area contributed by atoms with Crippen LogP contribution in [0.4, 0.5) is 0 Å². The summed E-state index contributed by atoms with van der Waals surface area (Å²) in [4.78, 5) is 5.74. The monoisotopic (exact) mass is 207 g/mol. The molecule has 0 unspecified atom stereocenters. The van der Waals surface area contributed by atoms with Gasteiger partial charge in [-0.05, 0) is 19.9 Å². The number of nitrogens with one attached hydrogen (secondary N) is 1. The first-order valence-corrected chi connectivity index (χ1v) is 5.62. The topological polar surface area (TPSA) is 26.6 Å². The number of pyridine rings is 1. The Bertz CT molecular complexity index is 292. The second-order valence-electron chi connectivity index (χ2n) is 4.45. The summed E-state index contributed by atoms with van der Waals surface area (Å²) in [6.07, 6.45) is 4.53. The molecule has 1 fully saturated rings. The molecule has 0 radical (unpaired) electrons. The van der Waals surface area contributed by atoms with E-state index in [4.69, 9.17) is 4.74 Å². The van der Waals surface area contributed by atoms with E-state index in [1.165, 1.54) is 5.56 Å². The molecule has 0 bridgehead atoms. The zero-order valence-electron chi connectivity index (χ0n) is 9.44. The minimum absolute atomic E-state index is 0.375. The standard InChI is InChI=1S/C12H18N2O/c1-10-7-14(8-11(2)15-10)9-12-4-3-5-13-6-12/h3-6,10-11H,7-9H2,1-2H3/p+1/t10-,11-/m0/s1. The fourth-order valence-corrected chi connectivity index (χ4v) is 2.32. The van der Waals surface area contributed by atoms with Crippen LogP contribution in [-0.4, -0.2) is 30.3 Å². The third-order valence-corrected chi connectivity index (χ3v) is 2.79. The lowest BCUT2D eigenvalue weighted by molar-refractivity contribution is -0.928. The van der Waals surface area contributed by atoms with Crippen molar-refractivity contribution in [1.29, 1.82) is 0 Å². The van der Waals surface area contributed by atoms with Crippen molar-refractivity contribution in [2.75, 3.05) is 13.1 Å². The Hall–Kier alpha value is -0.930. The molecule has 0 saturated carbocycles. The van der Waals surface area contributed by atoms with Gasteiger partial charge in [0.1, 0.15) is 31.8 Å². The molecule has 2 rings (SSSR count). The quantitative estimate of drug-likeness (QED) is 0.753. The maximum atomic E-state index is 5.72. The summed E-state index contributed by atoms with van der Waals surface area (Å²) < 4.78 is 5.72. The average Bonchev–Trinajstić information content (AvgIpc) is 2.17. The summed E-state index contributed by atoms with van der Waals surface area (Å²) in [5, 5.41) is 0. The van der Waals surface area contributed by atoms with Crippen molar-refractivity contribution in [3.05, 3.63) is 30.1 Å². The Balaban J connectivity index is 1.94. The fraction of sp³-hybridized carbons (Fsp3) is 0.583. The summed E-state index contributed by atoms with van der Waals surface area (Å²) in [5.41, 5.74) is 1.31. The van der Waals surface area contributed by atoms with Gasteiger partial charge in [0.15, 0.2) is 0 Å². The molecule has 1 aliphatic rings. The molecule has 0 aromatic carbocycles. The summed E-state index contributed by atoms with van der Waals surface area (Å²) in [6, 6.07) is 4.15. The molecule has 0 aliphatic carbocycles. The molecule has 2 atom stereocenters. The Morgan fingerprint density at radius 2 is 2.13 bits per heavy atom. The second-order valence-corrected chi connectivity index (χ2v) is 4.45. The van der Waals surface area contributed by atoms with Gasteiger partial charge in [0.25, 0.3) is 0 Å². The van der Waals surface area contributed by atoms with Crippen LogP contribution < -0.4 is 4.90 Å². The van der Waals surface area contributed by atoms with Gasteiger partial charge in [-0.1, -0.05) is 6.07 Å². The molecule has 1 aromatic heterocycles. The van der Waals surface area contributed by atoms with Crippen LogP contribution >= 0.6 is 0 Å².